The van der Waals surface area contributed by atoms with E-state index in [4.69, 9.17) is 0 Å². The molecule has 0 fully saturated rings. The van der Waals surface area contributed by atoms with Crippen LogP contribution in [0.4, 0.5) is 0 Å². The van der Waals surface area contributed by atoms with E-state index in [2.05, 4.69) is 172 Å². The van der Waals surface area contributed by atoms with Gasteiger partial charge < -0.3 is 0 Å². The number of hydrogen-bond acceptors (Lipinski definition) is 0. The van der Waals surface area contributed by atoms with Gasteiger partial charge in [0.05, 0.1) is 0 Å². The molecule has 0 amide bonds. The fraction of sp³-hybridized carbons (Fsp3) is 0.0667. The molecule has 0 heteroatoms. The summed E-state index contributed by atoms with van der Waals surface area (Å²) in [5, 5.41) is 7.67. The highest BCUT2D eigenvalue weighted by Crippen LogP contribution is 2.52. The highest BCUT2D eigenvalue weighted by atomic mass is 14.4. The van der Waals surface area contributed by atoms with Gasteiger partial charge in [-0.3, -0.25) is 0 Å². The standard InChI is InChI=1S/C45H32/c1-45(2)40-26-10-9-23-39(40)44-33(24-13-27-41(44)45)30-16-11-17-31(28-30)42-35-19-5-7-21-37(35)43(38-22-8-6-20-36(38)42)34-25-12-15-29-14-3-4-18-32(29)34/h3-28H,1-2H3. The summed E-state index contributed by atoms with van der Waals surface area (Å²) in [6.07, 6.45) is 0. The molecular formula is C45H32. The lowest BCUT2D eigenvalue weighted by atomic mass is 9.81. The van der Waals surface area contributed by atoms with Crippen LogP contribution in [0.5, 0.6) is 0 Å². The molecule has 0 saturated carbocycles. The second kappa shape index (κ2) is 9.78. The van der Waals surface area contributed by atoms with E-state index in [-0.39, 0.29) is 5.41 Å². The lowest BCUT2D eigenvalue weighted by Crippen LogP contribution is -2.14. The summed E-state index contributed by atoms with van der Waals surface area (Å²) in [7, 11) is 0. The molecule has 0 heterocycles. The van der Waals surface area contributed by atoms with Crippen LogP contribution in [0.1, 0.15) is 25.0 Å². The Labute approximate surface area is 264 Å². The van der Waals surface area contributed by atoms with Crippen LogP contribution in [0.2, 0.25) is 0 Å². The van der Waals surface area contributed by atoms with Gasteiger partial charge in [0.25, 0.3) is 0 Å². The van der Waals surface area contributed by atoms with Crippen molar-refractivity contribution < 1.29 is 0 Å². The van der Waals surface area contributed by atoms with Gasteiger partial charge in [-0.25, -0.2) is 0 Å². The van der Waals surface area contributed by atoms with Crippen LogP contribution in [-0.2, 0) is 5.41 Å². The van der Waals surface area contributed by atoms with Crippen LogP contribution in [0.15, 0.2) is 158 Å². The SMILES string of the molecule is CC1(C)c2ccccc2-c2c(-c3cccc(-c4c5ccccc5c(-c5cccc6ccccc56)c5ccccc45)c3)cccc21. The summed E-state index contributed by atoms with van der Waals surface area (Å²) in [5.74, 6) is 0. The first-order valence-electron chi connectivity index (χ1n) is 15.9. The van der Waals surface area contributed by atoms with Crippen LogP contribution >= 0.6 is 0 Å². The van der Waals surface area contributed by atoms with Crippen molar-refractivity contribution in [3.05, 3.63) is 169 Å². The third-order valence-electron chi connectivity index (χ3n) is 10.1. The van der Waals surface area contributed by atoms with E-state index < -0.39 is 0 Å². The van der Waals surface area contributed by atoms with E-state index in [1.165, 1.54) is 88.0 Å². The summed E-state index contributed by atoms with van der Waals surface area (Å²) >= 11 is 0. The largest absolute Gasteiger partial charge is 0.0619 e. The van der Waals surface area contributed by atoms with Crippen LogP contribution in [-0.4, -0.2) is 0 Å². The van der Waals surface area contributed by atoms with Gasteiger partial charge >= 0.3 is 0 Å². The normalized spacial score (nSPS) is 13.3. The van der Waals surface area contributed by atoms with Crippen LogP contribution < -0.4 is 0 Å². The highest BCUT2D eigenvalue weighted by molar-refractivity contribution is 6.23. The van der Waals surface area contributed by atoms with E-state index in [0.29, 0.717) is 0 Å². The minimum absolute atomic E-state index is 0.0244. The summed E-state index contributed by atoms with van der Waals surface area (Å²) in [6, 6.07) is 58.4. The first kappa shape index (κ1) is 26.0. The molecule has 0 N–H and O–H groups in total. The zero-order valence-corrected chi connectivity index (χ0v) is 25.5. The van der Waals surface area contributed by atoms with Crippen molar-refractivity contribution in [1.82, 2.24) is 0 Å². The molecule has 45 heavy (non-hydrogen) atoms. The number of benzene rings is 8. The van der Waals surface area contributed by atoms with Gasteiger partial charge in [0.2, 0.25) is 0 Å². The Morgan fingerprint density at radius 2 is 0.822 bits per heavy atom. The maximum atomic E-state index is 2.41. The smallest absolute Gasteiger partial charge is 0.0159 e. The van der Waals surface area contributed by atoms with Gasteiger partial charge in [-0.2, -0.15) is 0 Å². The van der Waals surface area contributed by atoms with Crippen LogP contribution in [0, 0.1) is 0 Å². The fourth-order valence-corrected chi connectivity index (χ4v) is 8.01. The number of hydrogen-bond donors (Lipinski definition) is 0. The van der Waals surface area contributed by atoms with E-state index in [0.717, 1.165) is 0 Å². The van der Waals surface area contributed by atoms with E-state index in [1.807, 2.05) is 0 Å². The Morgan fingerprint density at radius 1 is 0.333 bits per heavy atom. The second-order valence-electron chi connectivity index (χ2n) is 12.8. The third-order valence-corrected chi connectivity index (χ3v) is 10.1. The molecule has 212 valence electrons. The quantitative estimate of drug-likeness (QED) is 0.185. The average molecular weight is 573 g/mol. The molecule has 8 aromatic carbocycles. The maximum Gasteiger partial charge on any atom is 0.0159 e. The molecule has 0 spiro atoms. The zero-order chi connectivity index (χ0) is 30.1. The first-order chi connectivity index (χ1) is 22.1. The van der Waals surface area contributed by atoms with Gasteiger partial charge in [0.1, 0.15) is 0 Å². The molecule has 0 aliphatic heterocycles. The van der Waals surface area contributed by atoms with Crippen molar-refractivity contribution >= 4 is 32.3 Å². The summed E-state index contributed by atoms with van der Waals surface area (Å²) in [6.45, 7) is 4.71. The molecule has 8 aromatic rings. The molecule has 0 unspecified atom stereocenters. The van der Waals surface area contributed by atoms with Gasteiger partial charge in [0.15, 0.2) is 0 Å². The lowest BCUT2D eigenvalue weighted by Gasteiger charge is -2.21. The molecule has 9 rings (SSSR count). The van der Waals surface area contributed by atoms with Crippen molar-refractivity contribution in [3.8, 4) is 44.5 Å². The predicted octanol–water partition coefficient (Wildman–Crippen LogP) is 12.5. The number of fused-ring (bicyclic) bond motifs is 6. The zero-order valence-electron chi connectivity index (χ0n) is 25.5. The molecule has 0 radical (unpaired) electrons. The van der Waals surface area contributed by atoms with E-state index in [9.17, 15) is 0 Å². The van der Waals surface area contributed by atoms with Crippen molar-refractivity contribution in [3.63, 3.8) is 0 Å². The minimum Gasteiger partial charge on any atom is -0.0619 e. The van der Waals surface area contributed by atoms with Crippen LogP contribution in [0.3, 0.4) is 0 Å². The highest BCUT2D eigenvalue weighted by Gasteiger charge is 2.36. The summed E-state index contributed by atoms with van der Waals surface area (Å²) in [4.78, 5) is 0. The Balaban J connectivity index is 1.32. The molecular weight excluding hydrogens is 540 g/mol. The fourth-order valence-electron chi connectivity index (χ4n) is 8.01. The van der Waals surface area contributed by atoms with Crippen molar-refractivity contribution in [2.75, 3.05) is 0 Å². The maximum absolute atomic E-state index is 2.41. The van der Waals surface area contributed by atoms with E-state index >= 15 is 0 Å². The molecule has 1 aliphatic carbocycles. The Kier molecular flexibility index (Phi) is 5.64. The minimum atomic E-state index is -0.0244. The molecule has 0 saturated heterocycles. The Bertz CT molecular complexity index is 2390. The molecule has 0 nitrogen and oxygen atoms in total. The first-order valence-corrected chi connectivity index (χ1v) is 15.9. The lowest BCUT2D eigenvalue weighted by molar-refractivity contribution is 0.660. The monoisotopic (exact) mass is 572 g/mol. The van der Waals surface area contributed by atoms with Crippen molar-refractivity contribution in [2.24, 2.45) is 0 Å². The van der Waals surface area contributed by atoms with Crippen molar-refractivity contribution in [2.45, 2.75) is 19.3 Å². The Hall–Kier alpha value is -5.46. The van der Waals surface area contributed by atoms with E-state index in [1.54, 1.807) is 0 Å². The topological polar surface area (TPSA) is 0 Å². The van der Waals surface area contributed by atoms with Gasteiger partial charge in [0, 0.05) is 5.41 Å². The molecule has 1 aliphatic rings. The third kappa shape index (κ3) is 3.79. The summed E-state index contributed by atoms with van der Waals surface area (Å²) < 4.78 is 0. The van der Waals surface area contributed by atoms with Gasteiger partial charge in [-0.1, -0.05) is 166 Å². The van der Waals surface area contributed by atoms with Crippen molar-refractivity contribution in [1.29, 1.82) is 0 Å². The Morgan fingerprint density at radius 3 is 1.58 bits per heavy atom. The molecule has 0 bridgehead atoms. The summed E-state index contributed by atoms with van der Waals surface area (Å²) in [5.41, 5.74) is 13.2. The second-order valence-corrected chi connectivity index (χ2v) is 12.8. The number of rotatable bonds is 3. The average Bonchev–Trinajstić information content (AvgIpc) is 3.33. The predicted molar refractivity (Wildman–Crippen MR) is 193 cm³/mol. The van der Waals surface area contributed by atoms with Gasteiger partial charge in [-0.05, 0) is 94.0 Å². The van der Waals surface area contributed by atoms with Crippen LogP contribution in [0.25, 0.3) is 76.8 Å². The molecule has 0 aromatic heterocycles. The molecule has 0 atom stereocenters. The van der Waals surface area contributed by atoms with Gasteiger partial charge in [-0.15, -0.1) is 0 Å².